The van der Waals surface area contributed by atoms with Crippen LogP contribution in [0.4, 0.5) is 0 Å². The Kier molecular flexibility index (Phi) is 8.43. The van der Waals surface area contributed by atoms with E-state index in [4.69, 9.17) is 18.9 Å². The lowest BCUT2D eigenvalue weighted by Crippen LogP contribution is -2.36. The minimum Gasteiger partial charge on any atom is -0.497 e. The van der Waals surface area contributed by atoms with Gasteiger partial charge in [-0.15, -0.1) is 0 Å². The number of hydrogen-bond acceptors (Lipinski definition) is 7. The molecule has 0 radical (unpaired) electrons. The number of rotatable bonds is 9. The van der Waals surface area contributed by atoms with E-state index < -0.39 is 11.9 Å². The van der Waals surface area contributed by atoms with E-state index in [-0.39, 0.29) is 18.3 Å². The lowest BCUT2D eigenvalue weighted by molar-refractivity contribution is -0.139. The van der Waals surface area contributed by atoms with Gasteiger partial charge in [0.25, 0.3) is 0 Å². The Morgan fingerprint density at radius 1 is 0.878 bits per heavy atom. The highest BCUT2D eigenvalue weighted by molar-refractivity contribution is 6.04. The summed E-state index contributed by atoms with van der Waals surface area (Å²) < 4.78 is 22.3. The van der Waals surface area contributed by atoms with Gasteiger partial charge >= 0.3 is 5.97 Å². The molecular formula is C34H35NO6. The largest absolute Gasteiger partial charge is 0.497 e. The lowest BCUT2D eigenvalue weighted by atomic mass is 9.71. The van der Waals surface area contributed by atoms with E-state index in [1.165, 1.54) is 0 Å². The maximum absolute atomic E-state index is 14.0. The third kappa shape index (κ3) is 5.85. The van der Waals surface area contributed by atoms with Crippen molar-refractivity contribution in [2.24, 2.45) is 0 Å². The average molecular weight is 554 g/mol. The molecule has 7 heteroatoms. The second-order valence-electron chi connectivity index (χ2n) is 10.3. The molecular weight excluding hydrogens is 518 g/mol. The molecule has 5 rings (SSSR count). The molecule has 0 bridgehead atoms. The van der Waals surface area contributed by atoms with Crippen molar-refractivity contribution < 1.29 is 28.5 Å². The summed E-state index contributed by atoms with van der Waals surface area (Å²) >= 11 is 0. The van der Waals surface area contributed by atoms with Crippen molar-refractivity contribution in [3.8, 4) is 17.2 Å². The van der Waals surface area contributed by atoms with E-state index in [1.807, 2.05) is 73.7 Å². The van der Waals surface area contributed by atoms with Crippen molar-refractivity contribution >= 4 is 11.8 Å². The Labute approximate surface area is 240 Å². The number of allylic oxidation sites excluding steroid dienone is 3. The molecule has 3 aromatic carbocycles. The number of nitrogens with one attached hydrogen (secondary N) is 1. The highest BCUT2D eigenvalue weighted by Crippen LogP contribution is 2.48. The molecule has 2 aliphatic rings. The number of Topliss-reactive ketones (excluding diaryl/α,β-unsaturated/α-hetero) is 1. The monoisotopic (exact) mass is 553 g/mol. The van der Waals surface area contributed by atoms with Gasteiger partial charge in [-0.2, -0.15) is 0 Å². The summed E-state index contributed by atoms with van der Waals surface area (Å²) in [5.41, 5.74) is 5.35. The molecule has 1 heterocycles. The summed E-state index contributed by atoms with van der Waals surface area (Å²) in [4.78, 5) is 27.7. The van der Waals surface area contributed by atoms with Crippen LogP contribution >= 0.6 is 0 Å². The summed E-state index contributed by atoms with van der Waals surface area (Å²) in [7, 11) is 4.80. The van der Waals surface area contributed by atoms with Crippen LogP contribution in [0.1, 0.15) is 48.3 Å². The van der Waals surface area contributed by atoms with Crippen molar-refractivity contribution in [2.45, 2.75) is 38.0 Å². The SMILES string of the molecule is COc1ccc([C@H]2CC(=O)C3=C(C2)NC(C)=C(C(=O)OCCc2ccccc2)[C@@H]3c2ccc(OC)cc2OC)cc1. The zero-order chi connectivity index (χ0) is 28.9. The molecule has 0 aromatic heterocycles. The molecule has 1 N–H and O–H groups in total. The first-order chi connectivity index (χ1) is 19.9. The maximum Gasteiger partial charge on any atom is 0.336 e. The number of carbonyl (C=O) groups excluding carboxylic acids is 2. The van der Waals surface area contributed by atoms with Crippen molar-refractivity contribution in [3.63, 3.8) is 0 Å². The zero-order valence-electron chi connectivity index (χ0n) is 23.9. The van der Waals surface area contributed by atoms with Crippen LogP contribution in [0.25, 0.3) is 0 Å². The number of carbonyl (C=O) groups is 2. The van der Waals surface area contributed by atoms with Gasteiger partial charge in [0, 0.05) is 41.4 Å². The fourth-order valence-electron chi connectivity index (χ4n) is 5.77. The van der Waals surface area contributed by atoms with Crippen LogP contribution in [0.2, 0.25) is 0 Å². The van der Waals surface area contributed by atoms with E-state index >= 15 is 0 Å². The van der Waals surface area contributed by atoms with Crippen LogP contribution in [0.3, 0.4) is 0 Å². The van der Waals surface area contributed by atoms with E-state index in [0.717, 1.165) is 22.6 Å². The van der Waals surface area contributed by atoms with E-state index in [1.54, 1.807) is 27.4 Å². The smallest absolute Gasteiger partial charge is 0.336 e. The highest BCUT2D eigenvalue weighted by Gasteiger charge is 2.42. The molecule has 1 aliphatic heterocycles. The Morgan fingerprint density at radius 2 is 1.59 bits per heavy atom. The van der Waals surface area contributed by atoms with Crippen molar-refractivity contribution in [3.05, 3.63) is 112 Å². The second-order valence-corrected chi connectivity index (χ2v) is 10.3. The van der Waals surface area contributed by atoms with Crippen LogP contribution in [0.5, 0.6) is 17.2 Å². The number of ketones is 1. The first-order valence-corrected chi connectivity index (χ1v) is 13.7. The standard InChI is InChI=1S/C34H35NO6/c1-21-31(34(37)41-17-16-22-8-6-5-7-9-22)32(27-15-14-26(39-3)20-30(27)40-4)33-28(35-21)18-24(19-29(33)36)23-10-12-25(38-2)13-11-23/h5-15,20,24,32,35H,16-19H2,1-4H3/t24-,32+/m1/s1. The fraction of sp³-hybridized carbons (Fsp3) is 0.294. The van der Waals surface area contributed by atoms with E-state index in [2.05, 4.69) is 5.32 Å². The quantitative estimate of drug-likeness (QED) is 0.332. The molecule has 2 atom stereocenters. The normalized spacial score (nSPS) is 18.4. The third-order valence-electron chi connectivity index (χ3n) is 7.85. The van der Waals surface area contributed by atoms with E-state index in [0.29, 0.717) is 53.2 Å². The summed E-state index contributed by atoms with van der Waals surface area (Å²) in [6.07, 6.45) is 1.56. The van der Waals surface area contributed by atoms with Crippen LogP contribution in [0.15, 0.2) is 95.3 Å². The summed E-state index contributed by atoms with van der Waals surface area (Å²) in [6, 6.07) is 23.2. The van der Waals surface area contributed by atoms with Crippen LogP contribution in [0, 0.1) is 0 Å². The van der Waals surface area contributed by atoms with Crippen molar-refractivity contribution in [1.82, 2.24) is 5.32 Å². The van der Waals surface area contributed by atoms with Gasteiger partial charge in [-0.25, -0.2) is 4.79 Å². The number of benzene rings is 3. The molecule has 0 unspecified atom stereocenters. The molecule has 0 saturated heterocycles. The first-order valence-electron chi connectivity index (χ1n) is 13.7. The minimum absolute atomic E-state index is 0.00485. The zero-order valence-corrected chi connectivity index (χ0v) is 23.9. The molecule has 0 fully saturated rings. The number of dihydropyridines is 1. The van der Waals surface area contributed by atoms with Crippen LogP contribution in [-0.4, -0.2) is 39.7 Å². The fourth-order valence-corrected chi connectivity index (χ4v) is 5.77. The molecule has 7 nitrogen and oxygen atoms in total. The second kappa shape index (κ2) is 12.3. The summed E-state index contributed by atoms with van der Waals surface area (Å²) in [5.74, 6) is 0.833. The predicted molar refractivity (Wildman–Crippen MR) is 156 cm³/mol. The summed E-state index contributed by atoms with van der Waals surface area (Å²) in [5, 5.41) is 3.42. The molecule has 212 valence electrons. The van der Waals surface area contributed by atoms with Crippen molar-refractivity contribution in [2.75, 3.05) is 27.9 Å². The van der Waals surface area contributed by atoms with E-state index in [9.17, 15) is 9.59 Å². The molecule has 1 aliphatic carbocycles. The van der Waals surface area contributed by atoms with Gasteiger partial charge in [-0.05, 0) is 48.6 Å². The van der Waals surface area contributed by atoms with Gasteiger partial charge in [-0.1, -0.05) is 48.5 Å². The maximum atomic E-state index is 14.0. The Hall–Kier alpha value is -4.52. The van der Waals surface area contributed by atoms with Gasteiger partial charge in [0.15, 0.2) is 5.78 Å². The molecule has 0 amide bonds. The minimum atomic E-state index is -0.638. The van der Waals surface area contributed by atoms with Gasteiger partial charge < -0.3 is 24.3 Å². The topological polar surface area (TPSA) is 83.1 Å². The number of ether oxygens (including phenoxy) is 4. The number of esters is 1. The molecule has 0 saturated carbocycles. The lowest BCUT2D eigenvalue weighted by Gasteiger charge is -2.37. The first kappa shape index (κ1) is 28.0. The number of hydrogen-bond donors (Lipinski definition) is 1. The average Bonchev–Trinajstić information content (AvgIpc) is 3.00. The van der Waals surface area contributed by atoms with Gasteiger partial charge in [0.1, 0.15) is 17.2 Å². The van der Waals surface area contributed by atoms with Gasteiger partial charge in [0.05, 0.1) is 39.4 Å². The van der Waals surface area contributed by atoms with Gasteiger partial charge in [-0.3, -0.25) is 4.79 Å². The van der Waals surface area contributed by atoms with Crippen LogP contribution < -0.4 is 19.5 Å². The molecule has 3 aromatic rings. The Morgan fingerprint density at radius 3 is 2.27 bits per heavy atom. The van der Waals surface area contributed by atoms with Crippen molar-refractivity contribution in [1.29, 1.82) is 0 Å². The Balaban J connectivity index is 1.51. The molecule has 0 spiro atoms. The third-order valence-corrected chi connectivity index (χ3v) is 7.85. The Bertz CT molecular complexity index is 1490. The highest BCUT2D eigenvalue weighted by atomic mass is 16.5. The predicted octanol–water partition coefficient (Wildman–Crippen LogP) is 5.86. The number of methoxy groups -OCH3 is 3. The summed E-state index contributed by atoms with van der Waals surface area (Å²) in [6.45, 7) is 2.09. The van der Waals surface area contributed by atoms with Crippen LogP contribution in [-0.2, 0) is 20.7 Å². The molecule has 41 heavy (non-hydrogen) atoms. The van der Waals surface area contributed by atoms with Gasteiger partial charge in [0.2, 0.25) is 0 Å².